The predicted molar refractivity (Wildman–Crippen MR) is 103 cm³/mol. The van der Waals surface area contributed by atoms with Gasteiger partial charge in [-0.1, -0.05) is 43.8 Å². The molecule has 7 nitrogen and oxygen atoms in total. The van der Waals surface area contributed by atoms with Crippen LogP contribution in [0.2, 0.25) is 0 Å². The Labute approximate surface area is 160 Å². The Morgan fingerprint density at radius 2 is 2.12 bits per heavy atom. The van der Waals surface area contributed by atoms with Crippen molar-refractivity contribution in [1.29, 1.82) is 0 Å². The van der Waals surface area contributed by atoms with Gasteiger partial charge < -0.3 is 5.32 Å². The number of carbonyl (C=O) groups excluding carboxylic acids is 1. The van der Waals surface area contributed by atoms with E-state index in [2.05, 4.69) is 39.7 Å². The third kappa shape index (κ3) is 5.37. The first-order valence-corrected chi connectivity index (χ1v) is 10.1. The molecule has 0 saturated carbocycles. The normalized spacial score (nSPS) is 11.0. The van der Waals surface area contributed by atoms with Gasteiger partial charge in [0.25, 0.3) is 0 Å². The van der Waals surface area contributed by atoms with E-state index in [0.29, 0.717) is 11.7 Å². The van der Waals surface area contributed by atoms with Crippen LogP contribution in [0, 0.1) is 5.92 Å². The molecular formula is C17H20N6OS2. The fraction of sp³-hybridized carbons (Fsp3) is 0.353. The second-order valence-corrected chi connectivity index (χ2v) is 8.03. The molecule has 0 aliphatic carbocycles. The minimum absolute atomic E-state index is 0.0642. The molecule has 0 atom stereocenters. The number of carbonyl (C=O) groups is 1. The fourth-order valence-electron chi connectivity index (χ4n) is 2.26. The monoisotopic (exact) mass is 388 g/mol. The van der Waals surface area contributed by atoms with E-state index in [1.807, 2.05) is 40.4 Å². The minimum atomic E-state index is -0.0642. The second-order valence-electron chi connectivity index (χ2n) is 6.15. The lowest BCUT2D eigenvalue weighted by molar-refractivity contribution is -0.115. The van der Waals surface area contributed by atoms with Gasteiger partial charge in [-0.25, -0.2) is 9.67 Å². The molecule has 0 saturated heterocycles. The molecule has 2 heterocycles. The number of anilines is 1. The van der Waals surface area contributed by atoms with Gasteiger partial charge >= 0.3 is 0 Å². The molecule has 0 unspecified atom stereocenters. The van der Waals surface area contributed by atoms with Crippen LogP contribution in [0.15, 0.2) is 40.9 Å². The average Bonchev–Trinajstić information content (AvgIpc) is 3.22. The van der Waals surface area contributed by atoms with Gasteiger partial charge in [-0.3, -0.25) is 4.79 Å². The van der Waals surface area contributed by atoms with Gasteiger partial charge in [0.2, 0.25) is 11.1 Å². The number of benzene rings is 1. The Bertz CT molecular complexity index is 846. The molecule has 0 aliphatic rings. The van der Waals surface area contributed by atoms with Gasteiger partial charge in [0.05, 0.1) is 12.1 Å². The maximum Gasteiger partial charge on any atom is 0.231 e. The lowest BCUT2D eigenvalue weighted by atomic mass is 10.2. The third-order valence-electron chi connectivity index (χ3n) is 3.35. The summed E-state index contributed by atoms with van der Waals surface area (Å²) in [5.41, 5.74) is 1.73. The number of nitrogens with one attached hydrogen (secondary N) is 1. The number of para-hydroxylation sites is 1. The van der Waals surface area contributed by atoms with Crippen molar-refractivity contribution < 1.29 is 4.79 Å². The molecule has 0 fully saturated rings. The maximum absolute atomic E-state index is 12.1. The fourth-order valence-corrected chi connectivity index (χ4v) is 3.94. The van der Waals surface area contributed by atoms with E-state index in [1.54, 1.807) is 11.8 Å². The Morgan fingerprint density at radius 3 is 2.88 bits per heavy atom. The van der Waals surface area contributed by atoms with E-state index in [9.17, 15) is 4.79 Å². The van der Waals surface area contributed by atoms with E-state index >= 15 is 0 Å². The van der Waals surface area contributed by atoms with Crippen LogP contribution in [-0.4, -0.2) is 31.1 Å². The number of amides is 1. The zero-order valence-corrected chi connectivity index (χ0v) is 16.3. The number of rotatable bonds is 8. The molecule has 26 heavy (non-hydrogen) atoms. The van der Waals surface area contributed by atoms with Crippen LogP contribution in [0.1, 0.15) is 24.5 Å². The zero-order chi connectivity index (χ0) is 18.4. The van der Waals surface area contributed by atoms with Gasteiger partial charge in [-0.05, 0) is 28.5 Å². The van der Waals surface area contributed by atoms with Crippen LogP contribution in [0.3, 0.4) is 0 Å². The largest absolute Gasteiger partial charge is 0.326 e. The van der Waals surface area contributed by atoms with Gasteiger partial charge in [0.1, 0.15) is 5.01 Å². The number of thiazole rings is 1. The predicted octanol–water partition coefficient (Wildman–Crippen LogP) is 3.26. The molecule has 136 valence electrons. The molecule has 3 aromatic rings. The number of hydrogen-bond acceptors (Lipinski definition) is 7. The van der Waals surface area contributed by atoms with Crippen LogP contribution in [0.25, 0.3) is 0 Å². The molecule has 0 radical (unpaired) electrons. The van der Waals surface area contributed by atoms with Crippen LogP contribution < -0.4 is 5.32 Å². The second kappa shape index (κ2) is 8.91. The molecule has 0 spiro atoms. The quantitative estimate of drug-likeness (QED) is 0.596. The van der Waals surface area contributed by atoms with E-state index in [0.717, 1.165) is 28.1 Å². The molecule has 9 heteroatoms. The third-order valence-corrected chi connectivity index (χ3v) is 5.24. The van der Waals surface area contributed by atoms with Crippen LogP contribution >= 0.6 is 23.1 Å². The molecule has 1 N–H and O–H groups in total. The summed E-state index contributed by atoms with van der Waals surface area (Å²) in [5.74, 6) is 1.09. The molecule has 2 aromatic heterocycles. The van der Waals surface area contributed by atoms with Crippen molar-refractivity contribution in [3.05, 3.63) is 46.4 Å². The summed E-state index contributed by atoms with van der Waals surface area (Å²) in [7, 11) is 0. The molecule has 0 bridgehead atoms. The molecule has 1 amide bonds. The first-order valence-electron chi connectivity index (χ1n) is 8.27. The van der Waals surface area contributed by atoms with Crippen molar-refractivity contribution in [2.24, 2.45) is 5.92 Å². The molecule has 1 aromatic carbocycles. The summed E-state index contributed by atoms with van der Waals surface area (Å²) in [5, 5.41) is 18.3. The Kier molecular flexibility index (Phi) is 6.35. The van der Waals surface area contributed by atoms with Crippen molar-refractivity contribution in [3.63, 3.8) is 0 Å². The van der Waals surface area contributed by atoms with Crippen molar-refractivity contribution >= 4 is 34.7 Å². The summed E-state index contributed by atoms with van der Waals surface area (Å²) >= 11 is 3.05. The number of aromatic nitrogens is 5. The number of nitrogens with zero attached hydrogens (tertiary/aromatic N) is 5. The van der Waals surface area contributed by atoms with E-state index in [4.69, 9.17) is 0 Å². The van der Waals surface area contributed by atoms with Crippen molar-refractivity contribution in [1.82, 2.24) is 25.2 Å². The SMILES string of the molecule is CC(C)Cn1nnnc1SCc1csc(CC(=O)Nc2ccccc2)n1. The van der Waals surface area contributed by atoms with E-state index in [-0.39, 0.29) is 12.3 Å². The first-order chi connectivity index (χ1) is 12.6. The molecule has 0 aliphatic heterocycles. The summed E-state index contributed by atoms with van der Waals surface area (Å²) in [6, 6.07) is 9.42. The Morgan fingerprint density at radius 1 is 1.31 bits per heavy atom. The number of thioether (sulfide) groups is 1. The maximum atomic E-state index is 12.1. The van der Waals surface area contributed by atoms with Gasteiger partial charge in [-0.15, -0.1) is 16.4 Å². The van der Waals surface area contributed by atoms with Crippen molar-refractivity contribution in [2.45, 2.75) is 37.7 Å². The average molecular weight is 389 g/mol. The summed E-state index contributed by atoms with van der Waals surface area (Å²) in [6.07, 6.45) is 0.273. The number of tetrazole rings is 1. The minimum Gasteiger partial charge on any atom is -0.326 e. The first kappa shape index (κ1) is 18.5. The van der Waals surface area contributed by atoms with Crippen LogP contribution in [0.4, 0.5) is 5.69 Å². The van der Waals surface area contributed by atoms with Gasteiger partial charge in [-0.2, -0.15) is 0 Å². The smallest absolute Gasteiger partial charge is 0.231 e. The van der Waals surface area contributed by atoms with Crippen molar-refractivity contribution in [3.8, 4) is 0 Å². The summed E-state index contributed by atoms with van der Waals surface area (Å²) < 4.78 is 1.82. The number of hydrogen-bond donors (Lipinski definition) is 1. The lowest BCUT2D eigenvalue weighted by Crippen LogP contribution is -2.14. The highest BCUT2D eigenvalue weighted by atomic mass is 32.2. The summed E-state index contributed by atoms with van der Waals surface area (Å²) in [4.78, 5) is 16.6. The zero-order valence-electron chi connectivity index (χ0n) is 14.6. The Hall–Kier alpha value is -2.26. The molecular weight excluding hydrogens is 368 g/mol. The summed E-state index contributed by atoms with van der Waals surface area (Å²) in [6.45, 7) is 5.05. The van der Waals surface area contributed by atoms with Gasteiger partial charge in [0, 0.05) is 23.4 Å². The van der Waals surface area contributed by atoms with E-state index < -0.39 is 0 Å². The highest BCUT2D eigenvalue weighted by molar-refractivity contribution is 7.98. The standard InChI is InChI=1S/C17H20N6OS2/c1-12(2)9-23-17(20-21-22-23)26-11-14-10-25-16(19-14)8-15(24)18-13-6-4-3-5-7-13/h3-7,10,12H,8-9,11H2,1-2H3,(H,18,24). The highest BCUT2D eigenvalue weighted by Gasteiger charge is 2.12. The van der Waals surface area contributed by atoms with Crippen molar-refractivity contribution in [2.75, 3.05) is 5.32 Å². The Balaban J connectivity index is 1.52. The molecule has 3 rings (SSSR count). The van der Waals surface area contributed by atoms with Gasteiger partial charge in [0.15, 0.2) is 0 Å². The van der Waals surface area contributed by atoms with E-state index in [1.165, 1.54) is 11.3 Å². The van der Waals surface area contributed by atoms with Crippen LogP contribution in [0.5, 0.6) is 0 Å². The lowest BCUT2D eigenvalue weighted by Gasteiger charge is -2.05. The highest BCUT2D eigenvalue weighted by Crippen LogP contribution is 2.22. The van der Waals surface area contributed by atoms with Crippen LogP contribution in [-0.2, 0) is 23.5 Å². The topological polar surface area (TPSA) is 85.6 Å².